The largest absolute Gasteiger partial charge is 0.493 e. The molecule has 0 saturated heterocycles. The third kappa shape index (κ3) is 3.81. The number of rotatable bonds is 5. The summed E-state index contributed by atoms with van der Waals surface area (Å²) in [5.41, 5.74) is 2.56. The van der Waals surface area contributed by atoms with Crippen molar-refractivity contribution in [1.29, 1.82) is 0 Å². The molecule has 0 unspecified atom stereocenters. The summed E-state index contributed by atoms with van der Waals surface area (Å²) in [7, 11) is 0. The van der Waals surface area contributed by atoms with Crippen LogP contribution in [0.5, 0.6) is 5.75 Å². The average Bonchev–Trinajstić information content (AvgIpc) is 2.48. The number of pyridine rings is 1. The molecule has 1 N–H and O–H groups in total. The van der Waals surface area contributed by atoms with Gasteiger partial charge in [0.05, 0.1) is 12.3 Å². The maximum absolute atomic E-state index is 8.74. The fourth-order valence-electron chi connectivity index (χ4n) is 1.70. The summed E-state index contributed by atoms with van der Waals surface area (Å²) in [6, 6.07) is 11.4. The predicted molar refractivity (Wildman–Crippen MR) is 73.9 cm³/mol. The highest BCUT2D eigenvalue weighted by atomic mass is 16.5. The first-order valence-corrected chi connectivity index (χ1v) is 6.10. The Morgan fingerprint density at radius 1 is 1.32 bits per heavy atom. The van der Waals surface area contributed by atoms with E-state index in [2.05, 4.69) is 10.1 Å². The van der Waals surface area contributed by atoms with Crippen molar-refractivity contribution >= 4 is 5.71 Å². The van der Waals surface area contributed by atoms with Crippen molar-refractivity contribution < 1.29 is 9.94 Å². The van der Waals surface area contributed by atoms with Crippen LogP contribution in [0.25, 0.3) is 0 Å². The Balaban J connectivity index is 1.93. The van der Waals surface area contributed by atoms with Gasteiger partial charge in [-0.05, 0) is 30.7 Å². The van der Waals surface area contributed by atoms with Crippen LogP contribution in [0, 0.1) is 0 Å². The molecule has 0 spiro atoms. The van der Waals surface area contributed by atoms with Crippen molar-refractivity contribution in [2.75, 3.05) is 6.61 Å². The van der Waals surface area contributed by atoms with Crippen LogP contribution in [0.4, 0.5) is 0 Å². The predicted octanol–water partition coefficient (Wildman–Crippen LogP) is 2.90. The number of hydrogen-bond acceptors (Lipinski definition) is 4. The van der Waals surface area contributed by atoms with E-state index in [0.717, 1.165) is 23.3 Å². The SMILES string of the molecule is CC(=NO)c1cccc(OCCc2cccnc2)c1. The molecular formula is C15H16N2O2. The second-order valence-electron chi connectivity index (χ2n) is 4.17. The first-order chi connectivity index (χ1) is 9.29. The van der Waals surface area contributed by atoms with Gasteiger partial charge in [-0.3, -0.25) is 4.98 Å². The van der Waals surface area contributed by atoms with Gasteiger partial charge in [-0.25, -0.2) is 0 Å². The van der Waals surface area contributed by atoms with Gasteiger partial charge in [-0.1, -0.05) is 23.4 Å². The normalized spacial score (nSPS) is 11.3. The lowest BCUT2D eigenvalue weighted by atomic mass is 10.1. The lowest BCUT2D eigenvalue weighted by Gasteiger charge is -2.07. The monoisotopic (exact) mass is 256 g/mol. The smallest absolute Gasteiger partial charge is 0.119 e. The molecule has 0 aliphatic heterocycles. The van der Waals surface area contributed by atoms with E-state index in [4.69, 9.17) is 9.94 Å². The molecular weight excluding hydrogens is 240 g/mol. The van der Waals surface area contributed by atoms with E-state index in [-0.39, 0.29) is 0 Å². The number of oxime groups is 1. The van der Waals surface area contributed by atoms with Crippen LogP contribution in [0.3, 0.4) is 0 Å². The van der Waals surface area contributed by atoms with Crippen LogP contribution in [0.15, 0.2) is 53.9 Å². The summed E-state index contributed by atoms with van der Waals surface area (Å²) in [6.45, 7) is 2.33. The lowest BCUT2D eigenvalue weighted by molar-refractivity contribution is 0.318. The molecule has 1 aromatic heterocycles. The quantitative estimate of drug-likeness (QED) is 0.508. The molecule has 4 heteroatoms. The second-order valence-corrected chi connectivity index (χ2v) is 4.17. The molecule has 0 atom stereocenters. The van der Waals surface area contributed by atoms with Gasteiger partial charge in [0.15, 0.2) is 0 Å². The highest BCUT2D eigenvalue weighted by Gasteiger charge is 2.01. The molecule has 19 heavy (non-hydrogen) atoms. The van der Waals surface area contributed by atoms with Crippen LogP contribution >= 0.6 is 0 Å². The highest BCUT2D eigenvalue weighted by molar-refractivity contribution is 5.98. The molecule has 4 nitrogen and oxygen atoms in total. The van der Waals surface area contributed by atoms with Crippen LogP contribution in [-0.2, 0) is 6.42 Å². The Kier molecular flexibility index (Phi) is 4.50. The van der Waals surface area contributed by atoms with E-state index in [9.17, 15) is 0 Å². The molecule has 98 valence electrons. The van der Waals surface area contributed by atoms with Gasteiger partial charge in [0, 0.05) is 24.4 Å². The molecule has 1 aromatic carbocycles. The minimum Gasteiger partial charge on any atom is -0.493 e. The Hall–Kier alpha value is -2.36. The molecule has 0 aliphatic carbocycles. The second kappa shape index (κ2) is 6.54. The molecule has 0 amide bonds. The van der Waals surface area contributed by atoms with Crippen LogP contribution in [0.1, 0.15) is 18.1 Å². The van der Waals surface area contributed by atoms with Crippen molar-refractivity contribution in [1.82, 2.24) is 4.98 Å². The molecule has 0 saturated carbocycles. The fraction of sp³-hybridized carbons (Fsp3) is 0.200. The van der Waals surface area contributed by atoms with Gasteiger partial charge in [0.1, 0.15) is 5.75 Å². The fourth-order valence-corrected chi connectivity index (χ4v) is 1.70. The summed E-state index contributed by atoms with van der Waals surface area (Å²) in [5, 5.41) is 11.9. The van der Waals surface area contributed by atoms with E-state index >= 15 is 0 Å². The summed E-state index contributed by atoms with van der Waals surface area (Å²) < 4.78 is 5.68. The Morgan fingerprint density at radius 3 is 2.95 bits per heavy atom. The zero-order valence-corrected chi connectivity index (χ0v) is 10.8. The van der Waals surface area contributed by atoms with E-state index in [1.807, 2.05) is 42.6 Å². The molecule has 0 fully saturated rings. The van der Waals surface area contributed by atoms with Crippen molar-refractivity contribution in [2.24, 2.45) is 5.16 Å². The number of benzene rings is 1. The number of hydrogen-bond donors (Lipinski definition) is 1. The Bertz CT molecular complexity index is 553. The van der Waals surface area contributed by atoms with E-state index in [1.54, 1.807) is 13.1 Å². The maximum atomic E-state index is 8.74. The molecule has 2 rings (SSSR count). The number of aromatic nitrogens is 1. The van der Waals surface area contributed by atoms with Gasteiger partial charge in [0.2, 0.25) is 0 Å². The maximum Gasteiger partial charge on any atom is 0.119 e. The van der Waals surface area contributed by atoms with Gasteiger partial charge in [-0.2, -0.15) is 0 Å². The summed E-state index contributed by atoms with van der Waals surface area (Å²) in [4.78, 5) is 4.06. The van der Waals surface area contributed by atoms with Crippen LogP contribution < -0.4 is 4.74 Å². The molecule has 0 aliphatic rings. The first-order valence-electron chi connectivity index (χ1n) is 6.10. The lowest BCUT2D eigenvalue weighted by Crippen LogP contribution is -2.02. The Labute approximate surface area is 112 Å². The van der Waals surface area contributed by atoms with E-state index in [0.29, 0.717) is 12.3 Å². The minimum atomic E-state index is 0.567. The molecule has 0 radical (unpaired) electrons. The van der Waals surface area contributed by atoms with Gasteiger partial charge in [-0.15, -0.1) is 0 Å². The van der Waals surface area contributed by atoms with E-state index < -0.39 is 0 Å². The Morgan fingerprint density at radius 2 is 2.21 bits per heavy atom. The summed E-state index contributed by atoms with van der Waals surface area (Å²) >= 11 is 0. The highest BCUT2D eigenvalue weighted by Crippen LogP contribution is 2.14. The average molecular weight is 256 g/mol. The van der Waals surface area contributed by atoms with Crippen molar-refractivity contribution in [2.45, 2.75) is 13.3 Å². The van der Waals surface area contributed by atoms with Crippen molar-refractivity contribution in [3.8, 4) is 5.75 Å². The third-order valence-corrected chi connectivity index (χ3v) is 2.78. The van der Waals surface area contributed by atoms with Crippen LogP contribution in [0.2, 0.25) is 0 Å². The zero-order valence-electron chi connectivity index (χ0n) is 10.8. The molecule has 1 heterocycles. The van der Waals surface area contributed by atoms with Gasteiger partial charge < -0.3 is 9.94 Å². The summed E-state index contributed by atoms with van der Waals surface area (Å²) in [6.07, 6.45) is 4.40. The number of nitrogens with zero attached hydrogens (tertiary/aromatic N) is 2. The zero-order chi connectivity index (χ0) is 13.5. The van der Waals surface area contributed by atoms with Gasteiger partial charge in [0.25, 0.3) is 0 Å². The molecule has 0 bridgehead atoms. The molecule has 2 aromatic rings. The topological polar surface area (TPSA) is 54.7 Å². The van der Waals surface area contributed by atoms with Crippen molar-refractivity contribution in [3.05, 3.63) is 59.9 Å². The third-order valence-electron chi connectivity index (χ3n) is 2.78. The van der Waals surface area contributed by atoms with Crippen molar-refractivity contribution in [3.63, 3.8) is 0 Å². The van der Waals surface area contributed by atoms with Crippen LogP contribution in [-0.4, -0.2) is 22.5 Å². The van der Waals surface area contributed by atoms with E-state index in [1.165, 1.54) is 0 Å². The number of ether oxygens (including phenoxy) is 1. The minimum absolute atomic E-state index is 0.567. The van der Waals surface area contributed by atoms with Gasteiger partial charge >= 0.3 is 0 Å². The first kappa shape index (κ1) is 13.1. The summed E-state index contributed by atoms with van der Waals surface area (Å²) in [5.74, 6) is 0.768. The standard InChI is InChI=1S/C15H16N2O2/c1-12(17-18)14-5-2-6-15(10-14)19-9-7-13-4-3-8-16-11-13/h2-6,8,10-11,18H,7,9H2,1H3.